The summed E-state index contributed by atoms with van der Waals surface area (Å²) in [6, 6.07) is 8.76. The molecule has 146 valence electrons. The molecule has 2 atom stereocenters. The molecular weight excluding hydrogens is 355 g/mol. The van der Waals surface area contributed by atoms with Crippen LogP contribution < -0.4 is 4.74 Å². The number of hydrogen-bond donors (Lipinski definition) is 2. The SMILES string of the molecule is CC1(CC(O)(Cc2cc3cnccc3[nH]2)C2CC2)CCOc2ccc(F)cc21. The summed E-state index contributed by atoms with van der Waals surface area (Å²) in [5.74, 6) is 0.771. The van der Waals surface area contributed by atoms with E-state index in [4.69, 9.17) is 4.74 Å². The Bertz CT molecular complexity index is 995. The Kier molecular flexibility index (Phi) is 3.98. The molecule has 5 heteroatoms. The van der Waals surface area contributed by atoms with Crippen LogP contribution in [-0.2, 0) is 11.8 Å². The van der Waals surface area contributed by atoms with Gasteiger partial charge >= 0.3 is 0 Å². The van der Waals surface area contributed by atoms with E-state index >= 15 is 0 Å². The van der Waals surface area contributed by atoms with Gasteiger partial charge in [-0.15, -0.1) is 0 Å². The number of aromatic amines is 1. The second-order valence-corrected chi connectivity index (χ2v) is 8.79. The molecule has 0 amide bonds. The van der Waals surface area contributed by atoms with Crippen molar-refractivity contribution >= 4 is 10.9 Å². The molecule has 2 aromatic heterocycles. The van der Waals surface area contributed by atoms with Crippen LogP contribution in [-0.4, -0.2) is 27.3 Å². The largest absolute Gasteiger partial charge is 0.493 e. The van der Waals surface area contributed by atoms with Crippen molar-refractivity contribution in [1.29, 1.82) is 0 Å². The number of halogens is 1. The van der Waals surface area contributed by atoms with E-state index in [2.05, 4.69) is 23.0 Å². The summed E-state index contributed by atoms with van der Waals surface area (Å²) in [6.07, 6.45) is 7.62. The van der Waals surface area contributed by atoms with E-state index in [1.54, 1.807) is 18.3 Å². The fraction of sp³-hybridized carbons (Fsp3) is 0.435. The van der Waals surface area contributed by atoms with Gasteiger partial charge in [0.15, 0.2) is 0 Å². The molecule has 1 saturated carbocycles. The van der Waals surface area contributed by atoms with E-state index in [0.29, 0.717) is 19.4 Å². The summed E-state index contributed by atoms with van der Waals surface area (Å²) in [4.78, 5) is 7.60. The highest BCUT2D eigenvalue weighted by Crippen LogP contribution is 2.51. The van der Waals surface area contributed by atoms with Gasteiger partial charge in [-0.25, -0.2) is 4.39 Å². The zero-order valence-electron chi connectivity index (χ0n) is 16.0. The Hall–Kier alpha value is -2.40. The van der Waals surface area contributed by atoms with Crippen molar-refractivity contribution in [3.63, 3.8) is 0 Å². The Balaban J connectivity index is 1.48. The molecule has 2 unspecified atom stereocenters. The summed E-state index contributed by atoms with van der Waals surface area (Å²) < 4.78 is 19.7. The first kappa shape index (κ1) is 17.7. The molecule has 1 aliphatic carbocycles. The Morgan fingerprint density at radius 3 is 2.96 bits per heavy atom. The monoisotopic (exact) mass is 380 g/mol. The summed E-state index contributed by atoms with van der Waals surface area (Å²) >= 11 is 0. The maximum absolute atomic E-state index is 14.0. The van der Waals surface area contributed by atoms with Gasteiger partial charge in [0.25, 0.3) is 0 Å². The van der Waals surface area contributed by atoms with Gasteiger partial charge in [-0.1, -0.05) is 6.92 Å². The molecule has 2 aliphatic rings. The third-order valence-corrected chi connectivity index (χ3v) is 6.51. The molecule has 1 aliphatic heterocycles. The number of benzene rings is 1. The third kappa shape index (κ3) is 3.08. The number of nitrogens with zero attached hydrogens (tertiary/aromatic N) is 1. The zero-order chi connectivity index (χ0) is 19.4. The first-order valence-corrected chi connectivity index (χ1v) is 10.0. The fourth-order valence-corrected chi connectivity index (χ4v) is 4.91. The van der Waals surface area contributed by atoms with Crippen molar-refractivity contribution < 1.29 is 14.2 Å². The first-order chi connectivity index (χ1) is 13.5. The van der Waals surface area contributed by atoms with Crippen molar-refractivity contribution in [3.8, 4) is 5.75 Å². The summed E-state index contributed by atoms with van der Waals surface area (Å²) in [5, 5.41) is 12.8. The number of pyridine rings is 1. The highest BCUT2D eigenvalue weighted by atomic mass is 19.1. The minimum absolute atomic E-state index is 0.256. The topological polar surface area (TPSA) is 58.1 Å². The predicted molar refractivity (Wildman–Crippen MR) is 106 cm³/mol. The van der Waals surface area contributed by atoms with Gasteiger partial charge in [0.05, 0.1) is 12.2 Å². The molecule has 0 radical (unpaired) electrons. The zero-order valence-corrected chi connectivity index (χ0v) is 16.0. The maximum atomic E-state index is 14.0. The standard InChI is InChI=1S/C23H25FN2O2/c1-22(7-9-28-21-5-4-17(24)11-19(21)22)14-23(27,16-2-3-16)12-18-10-15-13-25-8-6-20(15)26-18/h4-6,8,10-11,13,16,26-27H,2-3,7,9,12,14H2,1H3. The molecule has 5 rings (SSSR count). The van der Waals surface area contributed by atoms with Crippen molar-refractivity contribution in [3.05, 3.63) is 59.8 Å². The van der Waals surface area contributed by atoms with Gasteiger partial charge in [0.1, 0.15) is 11.6 Å². The maximum Gasteiger partial charge on any atom is 0.123 e. The lowest BCUT2D eigenvalue weighted by Gasteiger charge is -2.42. The Labute approximate surface area is 163 Å². The van der Waals surface area contributed by atoms with E-state index in [1.165, 1.54) is 6.07 Å². The molecule has 0 saturated heterocycles. The lowest BCUT2D eigenvalue weighted by atomic mass is 9.68. The van der Waals surface area contributed by atoms with Crippen molar-refractivity contribution in [2.45, 2.75) is 50.0 Å². The Morgan fingerprint density at radius 1 is 1.32 bits per heavy atom. The van der Waals surface area contributed by atoms with Gasteiger partial charge in [-0.2, -0.15) is 0 Å². The third-order valence-electron chi connectivity index (χ3n) is 6.51. The van der Waals surface area contributed by atoms with Gasteiger partial charge < -0.3 is 14.8 Å². The molecule has 0 bridgehead atoms. The van der Waals surface area contributed by atoms with Crippen LogP contribution in [0.25, 0.3) is 10.9 Å². The van der Waals surface area contributed by atoms with E-state index in [1.807, 2.05) is 12.3 Å². The van der Waals surface area contributed by atoms with Crippen LogP contribution in [0.3, 0.4) is 0 Å². The van der Waals surface area contributed by atoms with Crippen LogP contribution >= 0.6 is 0 Å². The van der Waals surface area contributed by atoms with Gasteiger partial charge in [0.2, 0.25) is 0 Å². The van der Waals surface area contributed by atoms with Gasteiger partial charge in [-0.3, -0.25) is 4.98 Å². The second-order valence-electron chi connectivity index (χ2n) is 8.79. The highest BCUT2D eigenvalue weighted by Gasteiger charge is 2.49. The quantitative estimate of drug-likeness (QED) is 0.684. The first-order valence-electron chi connectivity index (χ1n) is 10.0. The molecule has 1 fully saturated rings. The van der Waals surface area contributed by atoms with Crippen molar-refractivity contribution in [2.75, 3.05) is 6.61 Å². The van der Waals surface area contributed by atoms with Crippen LogP contribution in [0.4, 0.5) is 4.39 Å². The van der Waals surface area contributed by atoms with E-state index in [0.717, 1.165) is 47.2 Å². The predicted octanol–water partition coefficient (Wildman–Crippen LogP) is 4.52. The number of ether oxygens (including phenoxy) is 1. The molecule has 2 N–H and O–H groups in total. The van der Waals surface area contributed by atoms with E-state index < -0.39 is 5.60 Å². The molecule has 3 heterocycles. The van der Waals surface area contributed by atoms with Gasteiger partial charge in [-0.05, 0) is 61.9 Å². The summed E-state index contributed by atoms with van der Waals surface area (Å²) in [5.41, 5.74) is 1.78. The lowest BCUT2D eigenvalue weighted by molar-refractivity contribution is -0.0169. The van der Waals surface area contributed by atoms with Crippen LogP contribution in [0.5, 0.6) is 5.75 Å². The number of hydrogen-bond acceptors (Lipinski definition) is 3. The van der Waals surface area contributed by atoms with Gasteiger partial charge in [0, 0.05) is 46.4 Å². The number of aliphatic hydroxyl groups is 1. The smallest absolute Gasteiger partial charge is 0.123 e. The number of aromatic nitrogens is 2. The van der Waals surface area contributed by atoms with Crippen LogP contribution in [0, 0.1) is 11.7 Å². The second kappa shape index (κ2) is 6.31. The molecule has 0 spiro atoms. The molecule has 4 nitrogen and oxygen atoms in total. The average molecular weight is 380 g/mol. The lowest BCUT2D eigenvalue weighted by Crippen LogP contribution is -2.44. The average Bonchev–Trinajstić information content (AvgIpc) is 3.44. The number of rotatable bonds is 5. The number of fused-ring (bicyclic) bond motifs is 2. The summed E-state index contributed by atoms with van der Waals surface area (Å²) in [7, 11) is 0. The molecule has 1 aromatic carbocycles. The van der Waals surface area contributed by atoms with E-state index in [-0.39, 0.29) is 17.2 Å². The number of nitrogens with one attached hydrogen (secondary N) is 1. The Morgan fingerprint density at radius 2 is 2.18 bits per heavy atom. The minimum atomic E-state index is -0.829. The molecular formula is C23H25FN2O2. The highest BCUT2D eigenvalue weighted by molar-refractivity contribution is 5.79. The van der Waals surface area contributed by atoms with E-state index in [9.17, 15) is 9.50 Å². The molecule has 28 heavy (non-hydrogen) atoms. The minimum Gasteiger partial charge on any atom is -0.493 e. The summed E-state index contributed by atoms with van der Waals surface area (Å²) in [6.45, 7) is 2.73. The fourth-order valence-electron chi connectivity index (χ4n) is 4.91. The van der Waals surface area contributed by atoms with Crippen LogP contribution in [0.1, 0.15) is 43.9 Å². The van der Waals surface area contributed by atoms with Crippen molar-refractivity contribution in [2.24, 2.45) is 5.92 Å². The number of H-pyrrole nitrogens is 1. The van der Waals surface area contributed by atoms with Crippen molar-refractivity contribution in [1.82, 2.24) is 9.97 Å². The van der Waals surface area contributed by atoms with Crippen LogP contribution in [0.15, 0.2) is 42.7 Å². The molecule has 3 aromatic rings. The van der Waals surface area contributed by atoms with Crippen LogP contribution in [0.2, 0.25) is 0 Å². The normalized spacial score (nSPS) is 23.8.